The van der Waals surface area contributed by atoms with E-state index < -0.39 is 11.7 Å². The number of fused-ring (bicyclic) bond motifs is 1. The molecule has 2 aromatic carbocycles. The van der Waals surface area contributed by atoms with Gasteiger partial charge in [0.15, 0.2) is 0 Å². The molecule has 1 aromatic heterocycles. The summed E-state index contributed by atoms with van der Waals surface area (Å²) < 4.78 is 15.2. The number of hydrogen-bond donors (Lipinski definition) is 1. The van der Waals surface area contributed by atoms with Crippen molar-refractivity contribution >= 4 is 29.1 Å². The lowest BCUT2D eigenvalue weighted by Gasteiger charge is -2.22. The highest BCUT2D eigenvalue weighted by Gasteiger charge is 2.26. The normalized spacial score (nSPS) is 13.5. The Morgan fingerprint density at radius 3 is 2.73 bits per heavy atom. The fraction of sp³-hybridized carbons (Fsp3) is 0.227. The van der Waals surface area contributed by atoms with Crippen molar-refractivity contribution in [1.82, 2.24) is 14.7 Å². The summed E-state index contributed by atoms with van der Waals surface area (Å²) in [4.78, 5) is 27.7. The molecule has 0 unspecified atom stereocenters. The number of hydrogen-bond acceptors (Lipinski definition) is 3. The Kier molecular flexibility index (Phi) is 5.55. The van der Waals surface area contributed by atoms with Crippen LogP contribution in [0.3, 0.4) is 0 Å². The second-order valence-electron chi connectivity index (χ2n) is 7.19. The van der Waals surface area contributed by atoms with E-state index in [1.54, 1.807) is 33.8 Å². The maximum Gasteiger partial charge on any atom is 0.259 e. The molecule has 1 N–H and O–H groups in total. The first-order chi connectivity index (χ1) is 14.4. The Morgan fingerprint density at radius 2 is 1.93 bits per heavy atom. The lowest BCUT2D eigenvalue weighted by Crippen LogP contribution is -2.32. The molecule has 2 amide bonds. The van der Waals surface area contributed by atoms with Gasteiger partial charge in [0.25, 0.3) is 11.8 Å². The van der Waals surface area contributed by atoms with E-state index in [1.807, 2.05) is 6.92 Å². The van der Waals surface area contributed by atoms with Gasteiger partial charge in [-0.25, -0.2) is 4.39 Å². The van der Waals surface area contributed by atoms with Crippen LogP contribution in [0.1, 0.15) is 38.4 Å². The molecule has 0 spiro atoms. The minimum atomic E-state index is -0.435. The van der Waals surface area contributed by atoms with E-state index in [-0.39, 0.29) is 12.5 Å². The molecule has 8 heteroatoms. The molecule has 1 aliphatic rings. The van der Waals surface area contributed by atoms with Gasteiger partial charge in [-0.3, -0.25) is 14.3 Å². The van der Waals surface area contributed by atoms with E-state index in [2.05, 4.69) is 10.4 Å². The lowest BCUT2D eigenvalue weighted by atomic mass is 10.1. The average molecular weight is 427 g/mol. The molecule has 1 aliphatic heterocycles. The zero-order chi connectivity index (χ0) is 21.3. The van der Waals surface area contributed by atoms with Crippen molar-refractivity contribution in [3.05, 3.63) is 81.9 Å². The lowest BCUT2D eigenvalue weighted by molar-refractivity contribution is 0.0743. The molecule has 0 aliphatic carbocycles. The SMILES string of the molecule is Cc1c(Cl)cccc1C(=O)N1CCCn2ncc(C(=O)Nc3cccc(F)c3)c2C1. The number of carbonyl (C=O) groups is 2. The summed E-state index contributed by atoms with van der Waals surface area (Å²) in [5.41, 5.74) is 2.64. The summed E-state index contributed by atoms with van der Waals surface area (Å²) in [6, 6.07) is 10.9. The predicted octanol–water partition coefficient (Wildman–Crippen LogP) is 4.28. The van der Waals surface area contributed by atoms with Gasteiger partial charge in [-0.1, -0.05) is 23.7 Å². The Bertz CT molecular complexity index is 1130. The average Bonchev–Trinajstić information content (AvgIpc) is 2.99. The molecule has 154 valence electrons. The zero-order valence-electron chi connectivity index (χ0n) is 16.4. The van der Waals surface area contributed by atoms with Gasteiger partial charge in [0.2, 0.25) is 0 Å². The van der Waals surface area contributed by atoms with Gasteiger partial charge in [-0.05, 0) is 49.2 Å². The van der Waals surface area contributed by atoms with E-state index in [0.29, 0.717) is 47.0 Å². The number of benzene rings is 2. The molecule has 0 bridgehead atoms. The van der Waals surface area contributed by atoms with Crippen molar-refractivity contribution in [2.75, 3.05) is 11.9 Å². The highest BCUT2D eigenvalue weighted by atomic mass is 35.5. The van der Waals surface area contributed by atoms with Gasteiger partial charge >= 0.3 is 0 Å². The van der Waals surface area contributed by atoms with Crippen LogP contribution in [-0.2, 0) is 13.1 Å². The Hall–Kier alpha value is -3.19. The number of aryl methyl sites for hydroxylation is 1. The molecule has 0 atom stereocenters. The van der Waals surface area contributed by atoms with Gasteiger partial charge in [-0.15, -0.1) is 0 Å². The number of aromatic nitrogens is 2. The summed E-state index contributed by atoms with van der Waals surface area (Å²) in [5.74, 6) is -0.966. The van der Waals surface area contributed by atoms with E-state index in [9.17, 15) is 14.0 Å². The third-order valence-corrected chi connectivity index (χ3v) is 5.61. The van der Waals surface area contributed by atoms with Crippen molar-refractivity contribution in [3.63, 3.8) is 0 Å². The largest absolute Gasteiger partial charge is 0.333 e. The summed E-state index contributed by atoms with van der Waals surface area (Å²) in [7, 11) is 0. The smallest absolute Gasteiger partial charge is 0.259 e. The Balaban J connectivity index is 1.60. The van der Waals surface area contributed by atoms with Gasteiger partial charge in [0, 0.05) is 29.4 Å². The summed E-state index contributed by atoms with van der Waals surface area (Å²) in [6.07, 6.45) is 2.20. The molecule has 0 radical (unpaired) electrons. The number of carbonyl (C=O) groups excluding carboxylic acids is 2. The maximum atomic E-state index is 13.4. The summed E-state index contributed by atoms with van der Waals surface area (Å²) in [6.45, 7) is 3.20. The molecule has 6 nitrogen and oxygen atoms in total. The molecule has 0 saturated carbocycles. The van der Waals surface area contributed by atoms with Crippen LogP contribution in [0.15, 0.2) is 48.7 Å². The minimum Gasteiger partial charge on any atom is -0.333 e. The number of halogens is 2. The third-order valence-electron chi connectivity index (χ3n) is 5.20. The van der Waals surface area contributed by atoms with Crippen LogP contribution >= 0.6 is 11.6 Å². The minimum absolute atomic E-state index is 0.138. The number of rotatable bonds is 3. The quantitative estimate of drug-likeness (QED) is 0.679. The number of anilines is 1. The first kappa shape index (κ1) is 20.1. The maximum absolute atomic E-state index is 13.4. The van der Waals surface area contributed by atoms with Crippen LogP contribution in [0, 0.1) is 12.7 Å². The van der Waals surface area contributed by atoms with Crippen LogP contribution < -0.4 is 5.32 Å². The van der Waals surface area contributed by atoms with Crippen LogP contribution in [0.25, 0.3) is 0 Å². The summed E-state index contributed by atoms with van der Waals surface area (Å²) in [5, 5.41) is 7.55. The molecule has 0 saturated heterocycles. The standard InChI is InChI=1S/C22H20ClFN4O2/c1-14-17(7-3-8-19(14)23)22(30)27-9-4-10-28-20(13-27)18(12-25-28)21(29)26-16-6-2-5-15(24)11-16/h2-3,5-8,11-12H,4,9-10,13H2,1H3,(H,26,29). The van der Waals surface area contributed by atoms with Gasteiger partial charge in [-0.2, -0.15) is 5.10 Å². The topological polar surface area (TPSA) is 67.2 Å². The van der Waals surface area contributed by atoms with Gasteiger partial charge < -0.3 is 10.2 Å². The van der Waals surface area contributed by atoms with Crippen LogP contribution in [0.5, 0.6) is 0 Å². The first-order valence-corrected chi connectivity index (χ1v) is 9.98. The van der Waals surface area contributed by atoms with Crippen molar-refractivity contribution in [2.45, 2.75) is 26.4 Å². The number of nitrogens with zero attached hydrogens (tertiary/aromatic N) is 3. The second kappa shape index (κ2) is 8.28. The van der Waals surface area contributed by atoms with Crippen molar-refractivity contribution in [3.8, 4) is 0 Å². The number of nitrogens with one attached hydrogen (secondary N) is 1. The predicted molar refractivity (Wildman–Crippen MR) is 112 cm³/mol. The van der Waals surface area contributed by atoms with E-state index in [4.69, 9.17) is 11.6 Å². The molecule has 0 fully saturated rings. The van der Waals surface area contributed by atoms with Crippen molar-refractivity contribution in [1.29, 1.82) is 0 Å². The number of amides is 2. The zero-order valence-corrected chi connectivity index (χ0v) is 17.1. The van der Waals surface area contributed by atoms with Crippen LogP contribution in [0.4, 0.5) is 10.1 Å². The molecular weight excluding hydrogens is 407 g/mol. The van der Waals surface area contributed by atoms with E-state index >= 15 is 0 Å². The first-order valence-electron chi connectivity index (χ1n) is 9.60. The molecule has 4 rings (SSSR count). The highest BCUT2D eigenvalue weighted by molar-refractivity contribution is 6.31. The molecule has 3 aromatic rings. The van der Waals surface area contributed by atoms with E-state index in [0.717, 1.165) is 5.56 Å². The highest BCUT2D eigenvalue weighted by Crippen LogP contribution is 2.24. The fourth-order valence-corrected chi connectivity index (χ4v) is 3.75. The Labute approximate surface area is 178 Å². The second-order valence-corrected chi connectivity index (χ2v) is 7.59. The molecule has 30 heavy (non-hydrogen) atoms. The summed E-state index contributed by atoms with van der Waals surface area (Å²) >= 11 is 6.18. The van der Waals surface area contributed by atoms with E-state index in [1.165, 1.54) is 24.4 Å². The molecule has 2 heterocycles. The third kappa shape index (κ3) is 3.93. The van der Waals surface area contributed by atoms with Crippen LogP contribution in [0.2, 0.25) is 5.02 Å². The Morgan fingerprint density at radius 1 is 1.13 bits per heavy atom. The fourth-order valence-electron chi connectivity index (χ4n) is 3.58. The van der Waals surface area contributed by atoms with Crippen molar-refractivity contribution in [2.24, 2.45) is 0 Å². The van der Waals surface area contributed by atoms with Gasteiger partial charge in [0.1, 0.15) is 5.82 Å². The molecular formula is C22H20ClFN4O2. The van der Waals surface area contributed by atoms with Gasteiger partial charge in [0.05, 0.1) is 24.0 Å². The monoisotopic (exact) mass is 426 g/mol. The van der Waals surface area contributed by atoms with Crippen molar-refractivity contribution < 1.29 is 14.0 Å². The van der Waals surface area contributed by atoms with Crippen LogP contribution in [-0.4, -0.2) is 33.0 Å².